The Kier molecular flexibility index (Phi) is 9.80. The van der Waals surface area contributed by atoms with E-state index >= 15 is 0 Å². The molecule has 16 nitrogen and oxygen atoms in total. The molecule has 16 heteroatoms. The molecule has 2 aromatic rings. The smallest absolute Gasteiger partial charge is 0.437 e. The first-order valence-electron chi connectivity index (χ1n) is 11.5. The Morgan fingerprint density at radius 1 is 0.949 bits per heavy atom. The number of nitro groups is 2. The fourth-order valence-corrected chi connectivity index (χ4v) is 3.19. The number of nitro benzene ring substituents is 2. The van der Waals surface area contributed by atoms with Crippen molar-refractivity contribution in [2.75, 3.05) is 19.6 Å². The van der Waals surface area contributed by atoms with Crippen molar-refractivity contribution in [2.24, 2.45) is 10.7 Å². The zero-order chi connectivity index (χ0) is 28.4. The first-order chi connectivity index (χ1) is 18.6. The van der Waals surface area contributed by atoms with Crippen LogP contribution in [0.3, 0.4) is 0 Å². The molecule has 0 saturated carbocycles. The molecule has 1 aliphatic heterocycles. The average molecular weight is 543 g/mol. The standard InChI is InChI=1S/C23H25N7O9/c24-21(27-22(32)38-13-15-1-5-18(6-2-15)29(34)35)28(10-9-20(31)26-17-11-25-12-17)23(33)39-14-16-3-7-19(8-4-16)30(36)37/h1-8,17,25H,9-14H2,(H,26,31)(H2,24,27,32). The predicted molar refractivity (Wildman–Crippen MR) is 134 cm³/mol. The molecule has 0 unspecified atom stereocenters. The zero-order valence-corrected chi connectivity index (χ0v) is 20.5. The highest BCUT2D eigenvalue weighted by Crippen LogP contribution is 2.14. The molecule has 1 saturated heterocycles. The first kappa shape index (κ1) is 28.5. The van der Waals surface area contributed by atoms with Gasteiger partial charge in [0.25, 0.3) is 11.4 Å². The molecule has 0 aromatic heterocycles. The minimum absolute atomic E-state index is 0.0274. The molecule has 0 radical (unpaired) electrons. The van der Waals surface area contributed by atoms with E-state index in [0.717, 1.165) is 4.90 Å². The third kappa shape index (κ3) is 8.74. The van der Waals surface area contributed by atoms with Crippen LogP contribution in [0.25, 0.3) is 0 Å². The SMILES string of the molecule is NC(=NC(=O)OCc1ccc([N+](=O)[O-])cc1)N(CCC(=O)NC1CNC1)C(=O)OCc1ccc([N+](=O)[O-])cc1. The molecule has 0 atom stereocenters. The summed E-state index contributed by atoms with van der Waals surface area (Å²) in [6.45, 7) is 0.436. The van der Waals surface area contributed by atoms with E-state index in [1.54, 1.807) is 0 Å². The topological polar surface area (TPSA) is 222 Å². The number of guanidine groups is 1. The van der Waals surface area contributed by atoms with Crippen molar-refractivity contribution in [3.8, 4) is 0 Å². The summed E-state index contributed by atoms with van der Waals surface area (Å²) in [5.74, 6) is -0.946. The highest BCUT2D eigenvalue weighted by molar-refractivity contribution is 5.98. The van der Waals surface area contributed by atoms with Crippen molar-refractivity contribution >= 4 is 35.4 Å². The monoisotopic (exact) mass is 543 g/mol. The van der Waals surface area contributed by atoms with Crippen LogP contribution in [-0.2, 0) is 27.5 Å². The van der Waals surface area contributed by atoms with Crippen molar-refractivity contribution in [1.29, 1.82) is 0 Å². The first-order valence-corrected chi connectivity index (χ1v) is 11.5. The van der Waals surface area contributed by atoms with Crippen molar-refractivity contribution in [1.82, 2.24) is 15.5 Å². The average Bonchev–Trinajstić information content (AvgIpc) is 2.89. The number of nitrogens with two attached hydrogens (primary N) is 1. The predicted octanol–water partition coefficient (Wildman–Crippen LogP) is 1.57. The third-order valence-corrected chi connectivity index (χ3v) is 5.43. The Hall–Kier alpha value is -5.12. The quantitative estimate of drug-likeness (QED) is 0.169. The second kappa shape index (κ2) is 13.4. The number of carbonyl (C=O) groups is 3. The zero-order valence-electron chi connectivity index (χ0n) is 20.5. The molecule has 0 spiro atoms. The van der Waals surface area contributed by atoms with Gasteiger partial charge in [-0.05, 0) is 35.4 Å². The number of amides is 3. The lowest BCUT2D eigenvalue weighted by Crippen LogP contribution is -2.57. The summed E-state index contributed by atoms with van der Waals surface area (Å²) in [6.07, 6.45) is -2.34. The van der Waals surface area contributed by atoms with E-state index in [-0.39, 0.29) is 49.5 Å². The van der Waals surface area contributed by atoms with Crippen LogP contribution >= 0.6 is 0 Å². The van der Waals surface area contributed by atoms with Gasteiger partial charge in [-0.15, -0.1) is 4.99 Å². The maximum Gasteiger partial charge on any atom is 0.437 e. The van der Waals surface area contributed by atoms with Gasteiger partial charge in [0.15, 0.2) is 0 Å². The lowest BCUT2D eigenvalue weighted by Gasteiger charge is -2.28. The van der Waals surface area contributed by atoms with E-state index in [0.29, 0.717) is 24.2 Å². The van der Waals surface area contributed by atoms with Crippen LogP contribution in [0.5, 0.6) is 0 Å². The van der Waals surface area contributed by atoms with Crippen LogP contribution in [0.1, 0.15) is 17.5 Å². The van der Waals surface area contributed by atoms with Crippen molar-refractivity contribution in [3.63, 3.8) is 0 Å². The normalized spacial score (nSPS) is 13.1. The van der Waals surface area contributed by atoms with Crippen LogP contribution in [0, 0.1) is 20.2 Å². The fraction of sp³-hybridized carbons (Fsp3) is 0.304. The van der Waals surface area contributed by atoms with Gasteiger partial charge in [-0.2, -0.15) is 0 Å². The molecule has 3 rings (SSSR count). The van der Waals surface area contributed by atoms with Gasteiger partial charge in [-0.3, -0.25) is 25.0 Å². The molecule has 3 amide bonds. The molecular formula is C23H25N7O9. The molecule has 1 heterocycles. The lowest BCUT2D eigenvalue weighted by atomic mass is 10.2. The molecule has 4 N–H and O–H groups in total. The summed E-state index contributed by atoms with van der Waals surface area (Å²) in [5, 5.41) is 27.3. The Balaban J connectivity index is 1.62. The van der Waals surface area contributed by atoms with E-state index in [9.17, 15) is 34.6 Å². The molecular weight excluding hydrogens is 518 g/mol. The number of hydrogen-bond acceptors (Lipinski definition) is 10. The summed E-state index contributed by atoms with van der Waals surface area (Å²) in [4.78, 5) is 61.9. The van der Waals surface area contributed by atoms with Crippen molar-refractivity contribution < 1.29 is 33.7 Å². The number of nitrogens with zero attached hydrogens (tertiary/aromatic N) is 4. The van der Waals surface area contributed by atoms with Gasteiger partial charge in [-0.1, -0.05) is 0 Å². The minimum atomic E-state index is -1.15. The lowest BCUT2D eigenvalue weighted by molar-refractivity contribution is -0.385. The number of nitrogens with one attached hydrogen (secondary N) is 2. The molecule has 206 valence electrons. The van der Waals surface area contributed by atoms with Crippen LogP contribution in [0.15, 0.2) is 53.5 Å². The largest absolute Gasteiger partial charge is 0.444 e. The van der Waals surface area contributed by atoms with E-state index in [4.69, 9.17) is 15.2 Å². The Bertz CT molecular complexity index is 1250. The summed E-state index contributed by atoms with van der Waals surface area (Å²) in [7, 11) is 0. The van der Waals surface area contributed by atoms with E-state index in [1.165, 1.54) is 48.5 Å². The number of aliphatic imine (C=N–C) groups is 1. The second-order valence-corrected chi connectivity index (χ2v) is 8.25. The molecule has 0 bridgehead atoms. The van der Waals surface area contributed by atoms with Gasteiger partial charge in [0.2, 0.25) is 11.9 Å². The molecule has 1 fully saturated rings. The summed E-state index contributed by atoms with van der Waals surface area (Å²) < 4.78 is 10.2. The number of carbonyl (C=O) groups excluding carboxylic acids is 3. The number of benzene rings is 2. The van der Waals surface area contributed by atoms with Crippen LogP contribution in [0.4, 0.5) is 21.0 Å². The Morgan fingerprint density at radius 2 is 1.46 bits per heavy atom. The van der Waals surface area contributed by atoms with Crippen LogP contribution in [0.2, 0.25) is 0 Å². The Morgan fingerprint density at radius 3 is 1.92 bits per heavy atom. The van der Waals surface area contributed by atoms with E-state index in [1.807, 2.05) is 0 Å². The van der Waals surface area contributed by atoms with Crippen molar-refractivity contribution in [3.05, 3.63) is 79.9 Å². The fourth-order valence-electron chi connectivity index (χ4n) is 3.19. The number of rotatable bonds is 10. The Labute approximate surface area is 221 Å². The number of ether oxygens (including phenoxy) is 2. The highest BCUT2D eigenvalue weighted by Gasteiger charge is 2.24. The molecule has 1 aliphatic rings. The van der Waals surface area contributed by atoms with Crippen LogP contribution in [-0.4, -0.2) is 64.5 Å². The summed E-state index contributed by atoms with van der Waals surface area (Å²) >= 11 is 0. The second-order valence-electron chi connectivity index (χ2n) is 8.25. The molecule has 2 aromatic carbocycles. The van der Waals surface area contributed by atoms with E-state index in [2.05, 4.69) is 15.6 Å². The number of non-ortho nitro benzene ring substituents is 2. The van der Waals surface area contributed by atoms with Gasteiger partial charge < -0.3 is 25.8 Å². The van der Waals surface area contributed by atoms with Gasteiger partial charge in [0.1, 0.15) is 13.2 Å². The van der Waals surface area contributed by atoms with Crippen LogP contribution < -0.4 is 16.4 Å². The maximum absolute atomic E-state index is 12.8. The van der Waals surface area contributed by atoms with Gasteiger partial charge in [0.05, 0.1) is 15.9 Å². The van der Waals surface area contributed by atoms with Gasteiger partial charge >= 0.3 is 12.2 Å². The highest BCUT2D eigenvalue weighted by atomic mass is 16.6. The van der Waals surface area contributed by atoms with Gasteiger partial charge in [-0.25, -0.2) is 14.5 Å². The third-order valence-electron chi connectivity index (χ3n) is 5.43. The summed E-state index contributed by atoms with van der Waals surface area (Å²) in [5.41, 5.74) is 6.50. The number of hydrogen-bond donors (Lipinski definition) is 3. The summed E-state index contributed by atoms with van der Waals surface area (Å²) in [6, 6.07) is 10.6. The minimum Gasteiger partial charge on any atom is -0.444 e. The maximum atomic E-state index is 12.8. The molecule has 39 heavy (non-hydrogen) atoms. The molecule has 0 aliphatic carbocycles. The van der Waals surface area contributed by atoms with Gasteiger partial charge in [0, 0.05) is 50.3 Å². The van der Waals surface area contributed by atoms with E-state index < -0.39 is 28.0 Å². The van der Waals surface area contributed by atoms with Crippen molar-refractivity contribution in [2.45, 2.75) is 25.7 Å².